The van der Waals surface area contributed by atoms with E-state index < -0.39 is 11.9 Å². The smallest absolute Gasteiger partial charge is 0.341 e. The summed E-state index contributed by atoms with van der Waals surface area (Å²) >= 11 is 1.43. The fourth-order valence-electron chi connectivity index (χ4n) is 3.21. The van der Waals surface area contributed by atoms with Crippen molar-refractivity contribution in [1.82, 2.24) is 0 Å². The fourth-order valence-corrected chi connectivity index (χ4v) is 4.50. The molecule has 2 aliphatic rings. The van der Waals surface area contributed by atoms with Gasteiger partial charge in [0, 0.05) is 4.88 Å². The van der Waals surface area contributed by atoms with Crippen LogP contribution in [0.3, 0.4) is 0 Å². The summed E-state index contributed by atoms with van der Waals surface area (Å²) in [5, 5.41) is 3.24. The zero-order valence-corrected chi connectivity index (χ0v) is 15.2. The third kappa shape index (κ3) is 4.03. The lowest BCUT2D eigenvalue weighted by Crippen LogP contribution is -2.28. The highest BCUT2D eigenvalue weighted by Crippen LogP contribution is 2.38. The number of esters is 2. The molecule has 6 nitrogen and oxygen atoms in total. The van der Waals surface area contributed by atoms with Gasteiger partial charge in [-0.2, -0.15) is 0 Å². The molecule has 1 N–H and O–H groups in total. The van der Waals surface area contributed by atoms with Crippen molar-refractivity contribution in [3.63, 3.8) is 0 Å². The van der Waals surface area contributed by atoms with Gasteiger partial charge in [0.05, 0.1) is 18.6 Å². The van der Waals surface area contributed by atoms with E-state index in [4.69, 9.17) is 9.47 Å². The monoisotopic (exact) mass is 365 g/mol. The normalized spacial score (nSPS) is 17.0. The molecule has 1 aromatic rings. The van der Waals surface area contributed by atoms with Gasteiger partial charge in [-0.05, 0) is 44.1 Å². The second-order valence-electron chi connectivity index (χ2n) is 6.54. The zero-order valence-electron chi connectivity index (χ0n) is 14.4. The molecule has 136 valence electrons. The van der Waals surface area contributed by atoms with E-state index in [1.807, 2.05) is 0 Å². The molecule has 0 radical (unpaired) electrons. The van der Waals surface area contributed by atoms with E-state index in [0.717, 1.165) is 61.8 Å². The Labute approximate surface area is 150 Å². The van der Waals surface area contributed by atoms with Gasteiger partial charge in [0.15, 0.2) is 6.61 Å². The van der Waals surface area contributed by atoms with Gasteiger partial charge in [-0.3, -0.25) is 9.59 Å². The molecule has 0 unspecified atom stereocenters. The number of thiophene rings is 1. The van der Waals surface area contributed by atoms with E-state index >= 15 is 0 Å². The van der Waals surface area contributed by atoms with E-state index in [1.165, 1.54) is 18.4 Å². The third-order valence-electron chi connectivity index (χ3n) is 4.85. The lowest BCUT2D eigenvalue weighted by molar-refractivity contribution is -0.154. The first kappa shape index (κ1) is 17.9. The van der Waals surface area contributed by atoms with Gasteiger partial charge in [-0.25, -0.2) is 4.79 Å². The standard InChI is InChI=1S/C18H23NO5S/c1-23-18(22)15-12-8-3-2-4-9-13(12)25-16(15)19-14(20)10-24-17(21)11-6-5-7-11/h11H,2-10H2,1H3,(H,19,20). The Morgan fingerprint density at radius 1 is 1.12 bits per heavy atom. The average molecular weight is 365 g/mol. The predicted molar refractivity (Wildman–Crippen MR) is 93.8 cm³/mol. The molecule has 1 amide bonds. The van der Waals surface area contributed by atoms with Gasteiger partial charge < -0.3 is 14.8 Å². The summed E-state index contributed by atoms with van der Waals surface area (Å²) in [6, 6.07) is 0. The van der Waals surface area contributed by atoms with Crippen molar-refractivity contribution in [2.45, 2.75) is 51.4 Å². The second-order valence-corrected chi connectivity index (χ2v) is 7.65. The van der Waals surface area contributed by atoms with Crippen LogP contribution in [-0.2, 0) is 31.9 Å². The number of amides is 1. The van der Waals surface area contributed by atoms with Gasteiger partial charge >= 0.3 is 11.9 Å². The quantitative estimate of drug-likeness (QED) is 0.640. The molecule has 0 aliphatic heterocycles. The molecule has 0 bridgehead atoms. The van der Waals surface area contributed by atoms with Crippen molar-refractivity contribution in [2.24, 2.45) is 5.92 Å². The Morgan fingerprint density at radius 3 is 2.56 bits per heavy atom. The van der Waals surface area contributed by atoms with Crippen LogP contribution in [0.4, 0.5) is 5.00 Å². The largest absolute Gasteiger partial charge is 0.465 e. The Morgan fingerprint density at radius 2 is 1.88 bits per heavy atom. The summed E-state index contributed by atoms with van der Waals surface area (Å²) < 4.78 is 9.97. The molecule has 1 heterocycles. The summed E-state index contributed by atoms with van der Waals surface area (Å²) in [6.07, 6.45) is 7.70. The Kier molecular flexibility index (Phi) is 5.73. The molecular weight excluding hydrogens is 342 g/mol. The van der Waals surface area contributed by atoms with Crippen molar-refractivity contribution >= 4 is 34.2 Å². The number of hydrogen-bond donors (Lipinski definition) is 1. The van der Waals surface area contributed by atoms with Gasteiger partial charge in [0.2, 0.25) is 0 Å². The summed E-state index contributed by atoms with van der Waals surface area (Å²) in [5.41, 5.74) is 1.46. The SMILES string of the molecule is COC(=O)c1c(NC(=O)COC(=O)C2CCC2)sc2c1CCCCC2. The van der Waals surface area contributed by atoms with Gasteiger partial charge in [0.25, 0.3) is 5.91 Å². The molecule has 1 aromatic heterocycles. The molecule has 1 fully saturated rings. The fraction of sp³-hybridized carbons (Fsp3) is 0.611. The maximum atomic E-state index is 12.2. The van der Waals surface area contributed by atoms with Crippen LogP contribution in [0.5, 0.6) is 0 Å². The molecule has 0 aromatic carbocycles. The van der Waals surface area contributed by atoms with Crippen molar-refractivity contribution < 1.29 is 23.9 Å². The van der Waals surface area contributed by atoms with Crippen molar-refractivity contribution in [3.8, 4) is 0 Å². The third-order valence-corrected chi connectivity index (χ3v) is 6.06. The van der Waals surface area contributed by atoms with Crippen LogP contribution in [0.2, 0.25) is 0 Å². The van der Waals surface area contributed by atoms with Crippen LogP contribution < -0.4 is 5.32 Å². The van der Waals surface area contributed by atoms with Crippen LogP contribution in [0.15, 0.2) is 0 Å². The minimum Gasteiger partial charge on any atom is -0.465 e. The molecule has 0 atom stereocenters. The molecule has 0 saturated heterocycles. The predicted octanol–water partition coefficient (Wildman–Crippen LogP) is 3.09. The number of rotatable bonds is 5. The molecule has 25 heavy (non-hydrogen) atoms. The number of anilines is 1. The van der Waals surface area contributed by atoms with Crippen LogP contribution >= 0.6 is 11.3 Å². The van der Waals surface area contributed by atoms with Gasteiger partial charge in [-0.15, -0.1) is 11.3 Å². The molecule has 1 saturated carbocycles. The lowest BCUT2D eigenvalue weighted by atomic mass is 9.86. The minimum absolute atomic E-state index is 0.0590. The number of fused-ring (bicyclic) bond motifs is 1. The highest BCUT2D eigenvalue weighted by molar-refractivity contribution is 7.17. The van der Waals surface area contributed by atoms with Crippen LogP contribution in [0, 0.1) is 5.92 Å². The van der Waals surface area contributed by atoms with Crippen molar-refractivity contribution in [2.75, 3.05) is 19.0 Å². The van der Waals surface area contributed by atoms with Gasteiger partial charge in [-0.1, -0.05) is 12.8 Å². The van der Waals surface area contributed by atoms with Crippen LogP contribution in [-0.4, -0.2) is 31.6 Å². The number of ether oxygens (including phenoxy) is 2. The van der Waals surface area contributed by atoms with Crippen LogP contribution in [0.25, 0.3) is 0 Å². The number of aryl methyl sites for hydroxylation is 1. The van der Waals surface area contributed by atoms with E-state index in [-0.39, 0.29) is 18.5 Å². The first-order valence-electron chi connectivity index (χ1n) is 8.79. The number of methoxy groups -OCH3 is 1. The average Bonchev–Trinajstić information content (AvgIpc) is 2.72. The minimum atomic E-state index is -0.429. The summed E-state index contributed by atoms with van der Waals surface area (Å²) in [5.74, 6) is -1.22. The lowest BCUT2D eigenvalue weighted by Gasteiger charge is -2.22. The molecule has 2 aliphatic carbocycles. The number of carbonyl (C=O) groups excluding carboxylic acids is 3. The number of hydrogen-bond acceptors (Lipinski definition) is 6. The Hall–Kier alpha value is -1.89. The summed E-state index contributed by atoms with van der Waals surface area (Å²) in [6.45, 7) is -0.321. The maximum Gasteiger partial charge on any atom is 0.341 e. The number of carbonyl (C=O) groups is 3. The Balaban J connectivity index is 1.69. The van der Waals surface area contributed by atoms with Crippen LogP contribution in [0.1, 0.15) is 59.3 Å². The molecule has 0 spiro atoms. The van der Waals surface area contributed by atoms with Crippen molar-refractivity contribution in [1.29, 1.82) is 0 Å². The Bertz CT molecular complexity index is 677. The van der Waals surface area contributed by atoms with Gasteiger partial charge in [0.1, 0.15) is 5.00 Å². The molecule has 3 rings (SSSR count). The van der Waals surface area contributed by atoms with E-state index in [2.05, 4.69) is 5.32 Å². The molecular formula is C18H23NO5S. The zero-order chi connectivity index (χ0) is 17.8. The van der Waals surface area contributed by atoms with Crippen molar-refractivity contribution in [3.05, 3.63) is 16.0 Å². The second kappa shape index (κ2) is 7.99. The van der Waals surface area contributed by atoms with E-state index in [1.54, 1.807) is 0 Å². The summed E-state index contributed by atoms with van der Waals surface area (Å²) in [7, 11) is 1.34. The van der Waals surface area contributed by atoms with E-state index in [9.17, 15) is 14.4 Å². The number of nitrogens with one attached hydrogen (secondary N) is 1. The van der Waals surface area contributed by atoms with E-state index in [0.29, 0.717) is 10.6 Å². The maximum absolute atomic E-state index is 12.2. The topological polar surface area (TPSA) is 81.7 Å². The highest BCUT2D eigenvalue weighted by Gasteiger charge is 2.28. The first-order valence-corrected chi connectivity index (χ1v) is 9.61. The highest BCUT2D eigenvalue weighted by atomic mass is 32.1. The summed E-state index contributed by atoms with van der Waals surface area (Å²) in [4.78, 5) is 37.2. The molecule has 7 heteroatoms. The first-order chi connectivity index (χ1) is 12.1.